The van der Waals surface area contributed by atoms with E-state index in [0.29, 0.717) is 35.4 Å². The van der Waals surface area contributed by atoms with Gasteiger partial charge in [0, 0.05) is 43.4 Å². The van der Waals surface area contributed by atoms with Crippen molar-refractivity contribution in [1.29, 1.82) is 0 Å². The summed E-state index contributed by atoms with van der Waals surface area (Å²) in [6, 6.07) is 10.9. The number of rotatable bonds is 27. The zero-order valence-electron chi connectivity index (χ0n) is 45.0. The summed E-state index contributed by atoms with van der Waals surface area (Å²) in [6.45, 7) is 36.4. The van der Waals surface area contributed by atoms with Gasteiger partial charge in [0.25, 0.3) is 0 Å². The molecule has 4 rings (SSSR count). The first kappa shape index (κ1) is 90.6. The Morgan fingerprint density at radius 1 is 0.612 bits per heavy atom. The Hall–Kier alpha value is 4.08. The van der Waals surface area contributed by atoms with Crippen molar-refractivity contribution < 1.29 is 99.7 Å². The molecule has 0 nitrogen and oxygen atoms in total. The maximum absolute atomic E-state index is 6.39. The molecule has 3 fully saturated rings. The third kappa shape index (κ3) is 33.1. The van der Waals surface area contributed by atoms with Crippen LogP contribution in [0.25, 0.3) is 0 Å². The predicted octanol–water partition coefficient (Wildman–Crippen LogP) is 17.0. The second kappa shape index (κ2) is 56.3. The summed E-state index contributed by atoms with van der Waals surface area (Å²) in [6.07, 6.45) is 32.6. The summed E-state index contributed by atoms with van der Waals surface area (Å²) >= 11 is 7.33. The molecule has 1 aromatic carbocycles. The normalized spacial score (nSPS) is 25.5. The van der Waals surface area contributed by atoms with Crippen molar-refractivity contribution in [1.82, 2.24) is 0 Å². The molecule has 0 amide bonds. The van der Waals surface area contributed by atoms with E-state index in [1.54, 1.807) is 6.92 Å². The van der Waals surface area contributed by atoms with Crippen LogP contribution in [0.5, 0.6) is 0 Å². The van der Waals surface area contributed by atoms with Gasteiger partial charge in [0.05, 0.1) is 7.85 Å². The van der Waals surface area contributed by atoms with E-state index in [0.717, 1.165) is 53.8 Å². The van der Waals surface area contributed by atoms with Gasteiger partial charge in [-0.05, 0) is 30.1 Å². The fraction of sp³-hybridized carbons (Fsp3) is 0.754. The molecule has 0 heterocycles. The van der Waals surface area contributed by atoms with E-state index < -0.39 is 0 Å². The van der Waals surface area contributed by atoms with E-state index in [-0.39, 0.29) is 152 Å². The van der Waals surface area contributed by atoms with Gasteiger partial charge in [-0.25, -0.2) is 0 Å². The largest absolute Gasteiger partial charge is 2.00 e. The molecule has 0 saturated heterocycles. The zero-order valence-corrected chi connectivity index (χ0v) is 64.7. The van der Waals surface area contributed by atoms with Crippen LogP contribution in [0.15, 0.2) is 30.3 Å². The summed E-state index contributed by atoms with van der Waals surface area (Å²) in [5.41, 5.74) is 1.48. The van der Waals surface area contributed by atoms with Gasteiger partial charge in [0.2, 0.25) is 0 Å². The topological polar surface area (TPSA) is 0 Å². The molecule has 3 aliphatic rings. The first-order valence-electron chi connectivity index (χ1n) is 24.9. The average molecular weight is 1690 g/mol. The molecule has 0 aromatic heterocycles. The molecular weight excluding hydrogens is 1580 g/mol. The van der Waals surface area contributed by atoms with E-state index in [4.69, 9.17) is 7.85 Å². The fourth-order valence-electron chi connectivity index (χ4n) is 11.8. The van der Waals surface area contributed by atoms with E-state index in [9.17, 15) is 0 Å². The summed E-state index contributed by atoms with van der Waals surface area (Å²) < 4.78 is 0. The SMILES string of the molecule is S.S=S.[B]C1C([CH2-])C(C[CH2-])C1CCC(CCC)CCCCC(CCC)CCC1C(C)C([CH2-])C1CCC.[CH2-]C.[CH2-]C1[CH-]C(Cc2ccccc2)C1CCC(CCC)CCC.[CH3-].[CH3-].[Mn+2].[SnH2].[W+2].[W+2].[W].[Zn+2]. The minimum atomic E-state index is 0. The van der Waals surface area contributed by atoms with Crippen LogP contribution < -0.4 is 0 Å². The van der Waals surface area contributed by atoms with Gasteiger partial charge in [-0.15, -0.1) is 5.92 Å². The summed E-state index contributed by atoms with van der Waals surface area (Å²) in [4.78, 5) is 0. The Bertz CT molecular complexity index is 1120. The predicted molar refractivity (Wildman–Crippen MR) is 299 cm³/mol. The van der Waals surface area contributed by atoms with Crippen LogP contribution >= 0.6 is 13.5 Å². The third-order valence-corrected chi connectivity index (χ3v) is 15.4. The molecule has 0 spiro atoms. The van der Waals surface area contributed by atoms with Gasteiger partial charge >= 0.3 is 103 Å². The average Bonchev–Trinajstić information content (AvgIpc) is 3.24. The van der Waals surface area contributed by atoms with Crippen molar-refractivity contribution in [3.8, 4) is 0 Å². The first-order valence-corrected chi connectivity index (χ1v) is 26.3. The Morgan fingerprint density at radius 3 is 1.40 bits per heavy atom. The molecule has 10 heteroatoms. The monoisotopic (exact) mass is 1690 g/mol. The first-order chi connectivity index (χ1) is 28.1. The third-order valence-electron chi connectivity index (χ3n) is 15.4. The molecule has 13 unspecified atom stereocenters. The number of unbranched alkanes of at least 4 members (excludes halogenated alkanes) is 1. The fourth-order valence-corrected chi connectivity index (χ4v) is 11.8. The maximum atomic E-state index is 6.39. The smallest absolute Gasteiger partial charge is 0 e. The molecule has 3 saturated carbocycles. The minimum Gasteiger partial charge on any atom is 0 e. The molecule has 5 radical (unpaired) electrons. The Kier molecular flexibility index (Phi) is 76.1. The molecule has 67 heavy (non-hydrogen) atoms. The van der Waals surface area contributed by atoms with E-state index >= 15 is 0 Å². The van der Waals surface area contributed by atoms with Gasteiger partial charge in [-0.1, -0.05) is 235 Å². The maximum Gasteiger partial charge on any atom is 2.00 e. The number of hydrogen-bond acceptors (Lipinski definition) is 2. The van der Waals surface area contributed by atoms with Gasteiger partial charge in [0.15, 0.2) is 0 Å². The molecule has 3 aliphatic carbocycles. The molecule has 0 bridgehead atoms. The van der Waals surface area contributed by atoms with Crippen LogP contribution in [0.2, 0.25) is 5.82 Å². The van der Waals surface area contributed by atoms with Crippen LogP contribution in [0.3, 0.4) is 0 Å². The molecule has 1 aromatic rings. The van der Waals surface area contributed by atoms with Gasteiger partial charge < -0.3 is 61.8 Å². The summed E-state index contributed by atoms with van der Waals surface area (Å²) in [5.74, 6) is 10.5. The minimum absolute atomic E-state index is 0. The van der Waals surface area contributed by atoms with Crippen molar-refractivity contribution >= 4 is 67.6 Å². The van der Waals surface area contributed by atoms with Crippen molar-refractivity contribution in [2.45, 2.75) is 196 Å². The van der Waals surface area contributed by atoms with Gasteiger partial charge in [-0.3, -0.25) is 0 Å². The van der Waals surface area contributed by atoms with E-state index in [1.165, 1.54) is 140 Å². The van der Waals surface area contributed by atoms with E-state index in [2.05, 4.69) is 135 Å². The van der Waals surface area contributed by atoms with Gasteiger partial charge in [0.1, 0.15) is 0 Å². The van der Waals surface area contributed by atoms with Crippen molar-refractivity contribution in [2.24, 2.45) is 76.9 Å². The quantitative estimate of drug-likeness (QED) is 0.0489. The van der Waals surface area contributed by atoms with Gasteiger partial charge in [-0.2, -0.15) is 44.6 Å². The van der Waals surface area contributed by atoms with Crippen LogP contribution in [0.4, 0.5) is 0 Å². The second-order valence-corrected chi connectivity index (χ2v) is 19.1. The summed E-state index contributed by atoms with van der Waals surface area (Å²) in [5, 5.41) is 0. The van der Waals surface area contributed by atoms with Crippen molar-refractivity contribution in [2.75, 3.05) is 0 Å². The molecule has 385 valence electrons. The van der Waals surface area contributed by atoms with Crippen LogP contribution in [-0.4, -0.2) is 31.8 Å². The summed E-state index contributed by atoms with van der Waals surface area (Å²) in [7, 11) is 6.39. The molecule has 0 N–H and O–H groups in total. The second-order valence-electron chi connectivity index (χ2n) is 19.1. The van der Waals surface area contributed by atoms with Crippen LogP contribution in [0.1, 0.15) is 189 Å². The van der Waals surface area contributed by atoms with Crippen LogP contribution in [0, 0.1) is 133 Å². The van der Waals surface area contributed by atoms with Crippen molar-refractivity contribution in [3.05, 3.63) is 91.8 Å². The Balaban J connectivity index is -0.000000125. The van der Waals surface area contributed by atoms with Crippen LogP contribution in [-0.2, 0) is 129 Å². The van der Waals surface area contributed by atoms with E-state index in [1.807, 2.05) is 0 Å². The zero-order chi connectivity index (χ0) is 43.5. The standard InChI is InChI=1S/C32H58B.C21H32.C2H5.2CH3.Mn.S2.H2S.Sn.3W.Zn.2H/c1-8-14-26(19-21-30-24(6)23(5)29(30)16-10-3)17-12-13-18-27(15-9-2)20-22-31-28(11-4)25(7)32(31)33;1-4-9-18(10-5-2)13-14-21-17(3)15-20(21)16-19-11-7-6-8-12-19;1-2;;;;1-2;;;;;;;;/h23-32H,4-5,7-22H2,1-3,6H3;6-8,11-12,15,17-18,20-21H,3-5,9-10,13-14,16H2,1-2H3;1H2,2H3;2*1H3;;;1H2;;;;;;;/q-3;-2;3*-1;+2;;;;;3*+2;;. The van der Waals surface area contributed by atoms with Crippen molar-refractivity contribution in [3.63, 3.8) is 0 Å². The number of benzene rings is 1. The molecular formula is C57H105BMnS3SnW3Zn. The molecule has 13 atom stereocenters. The Labute approximate surface area is 525 Å². The Morgan fingerprint density at radius 2 is 1.01 bits per heavy atom. The number of hydrogen-bond donors (Lipinski definition) is 0. The molecule has 0 aliphatic heterocycles.